The smallest absolute Gasteiger partial charge is 0.156 e. The molecule has 2 rings (SSSR count). The van der Waals surface area contributed by atoms with Crippen molar-refractivity contribution < 1.29 is 0 Å². The van der Waals surface area contributed by atoms with Crippen LogP contribution < -0.4 is 5.32 Å². The van der Waals surface area contributed by atoms with E-state index in [1.54, 1.807) is 0 Å². The Balaban J connectivity index is 1.76. The summed E-state index contributed by atoms with van der Waals surface area (Å²) < 4.78 is 0. The second-order valence-electron chi connectivity index (χ2n) is 6.06. The van der Waals surface area contributed by atoms with E-state index in [4.69, 9.17) is 4.99 Å². The van der Waals surface area contributed by atoms with Crippen molar-refractivity contribution in [3.8, 4) is 0 Å². The molecule has 4 heteroatoms. The van der Waals surface area contributed by atoms with E-state index in [1.165, 1.54) is 43.1 Å². The summed E-state index contributed by atoms with van der Waals surface area (Å²) in [5.41, 5.74) is 0. The van der Waals surface area contributed by atoms with Gasteiger partial charge in [0.05, 0.1) is 6.54 Å². The summed E-state index contributed by atoms with van der Waals surface area (Å²) in [6, 6.07) is 1.30. The fourth-order valence-electron chi connectivity index (χ4n) is 2.79. The van der Waals surface area contributed by atoms with Crippen molar-refractivity contribution in [2.45, 2.75) is 51.6 Å². The molecule has 2 heterocycles. The molecule has 18 heavy (non-hydrogen) atoms. The van der Waals surface area contributed by atoms with Gasteiger partial charge in [-0.05, 0) is 38.8 Å². The molecule has 0 aromatic rings. The second-order valence-corrected chi connectivity index (χ2v) is 7.07. The molecule has 0 radical (unpaired) electrons. The van der Waals surface area contributed by atoms with Gasteiger partial charge >= 0.3 is 0 Å². The number of rotatable bonds is 4. The Morgan fingerprint density at radius 3 is 3.00 bits per heavy atom. The van der Waals surface area contributed by atoms with E-state index in [0.717, 1.165) is 12.5 Å². The van der Waals surface area contributed by atoms with E-state index < -0.39 is 0 Å². The van der Waals surface area contributed by atoms with Crippen LogP contribution in [0.5, 0.6) is 0 Å². The normalized spacial score (nSPS) is 32.1. The Morgan fingerprint density at radius 2 is 2.28 bits per heavy atom. The van der Waals surface area contributed by atoms with Gasteiger partial charge in [-0.3, -0.25) is 4.99 Å². The third-order valence-corrected chi connectivity index (χ3v) is 4.96. The molecule has 2 atom stereocenters. The first-order chi connectivity index (χ1) is 8.65. The minimum Gasteiger partial charge on any atom is -0.361 e. The summed E-state index contributed by atoms with van der Waals surface area (Å²) in [5, 5.41) is 4.75. The third kappa shape index (κ3) is 4.16. The number of aliphatic imine (C=N–C) groups is 1. The van der Waals surface area contributed by atoms with Crippen molar-refractivity contribution in [1.82, 2.24) is 10.2 Å². The van der Waals surface area contributed by atoms with E-state index in [9.17, 15) is 0 Å². The van der Waals surface area contributed by atoms with Gasteiger partial charge in [-0.1, -0.05) is 32.0 Å². The summed E-state index contributed by atoms with van der Waals surface area (Å²) in [6.07, 6.45) is 5.30. The lowest BCUT2D eigenvalue weighted by Gasteiger charge is -2.31. The lowest BCUT2D eigenvalue weighted by atomic mass is 10.0. The molecular formula is C14H27N3S. The Hall–Kier alpha value is -0.220. The second kappa shape index (κ2) is 6.80. The van der Waals surface area contributed by atoms with Crippen molar-refractivity contribution >= 4 is 16.9 Å². The first-order valence-corrected chi connectivity index (χ1v) is 8.27. The number of hydrogen-bond acceptors (Lipinski definition) is 3. The molecule has 2 saturated heterocycles. The first kappa shape index (κ1) is 14.2. The van der Waals surface area contributed by atoms with Crippen LogP contribution >= 0.6 is 11.8 Å². The van der Waals surface area contributed by atoms with E-state index in [0.29, 0.717) is 12.1 Å². The van der Waals surface area contributed by atoms with E-state index in [1.807, 2.05) is 11.8 Å². The molecular weight excluding hydrogens is 242 g/mol. The number of amidine groups is 1. The molecule has 0 saturated carbocycles. The number of piperidine rings is 1. The molecule has 3 nitrogen and oxygen atoms in total. The maximum absolute atomic E-state index is 4.78. The van der Waals surface area contributed by atoms with Crippen molar-refractivity contribution in [3.05, 3.63) is 0 Å². The van der Waals surface area contributed by atoms with Crippen molar-refractivity contribution in [2.24, 2.45) is 10.9 Å². The van der Waals surface area contributed by atoms with E-state index >= 15 is 0 Å². The van der Waals surface area contributed by atoms with Crippen LogP contribution in [-0.2, 0) is 0 Å². The zero-order chi connectivity index (χ0) is 13.0. The molecule has 0 bridgehead atoms. The summed E-state index contributed by atoms with van der Waals surface area (Å²) in [4.78, 5) is 7.25. The largest absolute Gasteiger partial charge is 0.361 e. The molecule has 2 fully saturated rings. The molecule has 2 aliphatic heterocycles. The number of likely N-dealkylation sites (N-methyl/N-ethyl adjacent to an activating group) is 1. The van der Waals surface area contributed by atoms with Gasteiger partial charge in [-0.2, -0.15) is 0 Å². The van der Waals surface area contributed by atoms with Crippen LogP contribution in [0.4, 0.5) is 0 Å². The van der Waals surface area contributed by atoms with Gasteiger partial charge in [-0.15, -0.1) is 0 Å². The Morgan fingerprint density at radius 1 is 1.44 bits per heavy atom. The number of nitrogens with zero attached hydrogens (tertiary/aromatic N) is 2. The fraction of sp³-hybridized carbons (Fsp3) is 0.929. The molecule has 0 spiro atoms. The zero-order valence-electron chi connectivity index (χ0n) is 12.0. The van der Waals surface area contributed by atoms with Crippen LogP contribution in [0.15, 0.2) is 4.99 Å². The highest BCUT2D eigenvalue weighted by atomic mass is 32.2. The highest BCUT2D eigenvalue weighted by molar-refractivity contribution is 8.14. The zero-order valence-corrected chi connectivity index (χ0v) is 12.8. The predicted molar refractivity (Wildman–Crippen MR) is 81.4 cm³/mol. The average molecular weight is 269 g/mol. The van der Waals surface area contributed by atoms with Gasteiger partial charge in [0.15, 0.2) is 5.17 Å². The minimum atomic E-state index is 0.637. The summed E-state index contributed by atoms with van der Waals surface area (Å²) >= 11 is 1.90. The monoisotopic (exact) mass is 269 g/mol. The average Bonchev–Trinajstić information content (AvgIpc) is 2.75. The molecule has 0 amide bonds. The van der Waals surface area contributed by atoms with Gasteiger partial charge in [-0.25, -0.2) is 0 Å². The van der Waals surface area contributed by atoms with Crippen molar-refractivity contribution in [2.75, 3.05) is 25.9 Å². The van der Waals surface area contributed by atoms with E-state index in [-0.39, 0.29) is 0 Å². The van der Waals surface area contributed by atoms with Crippen LogP contribution in [0.2, 0.25) is 0 Å². The van der Waals surface area contributed by atoms with Crippen LogP contribution in [0.1, 0.15) is 39.5 Å². The highest BCUT2D eigenvalue weighted by Crippen LogP contribution is 2.20. The maximum Gasteiger partial charge on any atom is 0.156 e. The molecule has 2 aliphatic rings. The number of hydrogen-bond donors (Lipinski definition) is 1. The van der Waals surface area contributed by atoms with Crippen LogP contribution in [0, 0.1) is 5.92 Å². The fourth-order valence-corrected chi connectivity index (χ4v) is 3.78. The number of likely N-dealkylation sites (tertiary alicyclic amines) is 1. The topological polar surface area (TPSA) is 27.6 Å². The van der Waals surface area contributed by atoms with Gasteiger partial charge < -0.3 is 10.2 Å². The van der Waals surface area contributed by atoms with Crippen LogP contribution in [0.3, 0.4) is 0 Å². The standard InChI is InChI=1S/C14H27N3S/c1-11(2)8-12-10-18-14(16-12)15-9-13-6-4-5-7-17(13)3/h11-13H,4-10H2,1-3H3,(H,15,16). The summed E-state index contributed by atoms with van der Waals surface area (Å²) in [7, 11) is 2.24. The lowest BCUT2D eigenvalue weighted by Crippen LogP contribution is -2.38. The highest BCUT2D eigenvalue weighted by Gasteiger charge is 2.22. The first-order valence-electron chi connectivity index (χ1n) is 7.29. The third-order valence-electron chi connectivity index (χ3n) is 3.87. The summed E-state index contributed by atoms with van der Waals surface area (Å²) in [6.45, 7) is 6.79. The molecule has 104 valence electrons. The Kier molecular flexibility index (Phi) is 5.37. The summed E-state index contributed by atoms with van der Waals surface area (Å²) in [5.74, 6) is 1.96. The van der Waals surface area contributed by atoms with Gasteiger partial charge in [0, 0.05) is 17.8 Å². The van der Waals surface area contributed by atoms with Crippen molar-refractivity contribution in [3.63, 3.8) is 0 Å². The minimum absolute atomic E-state index is 0.637. The molecule has 0 aromatic carbocycles. The molecule has 0 aromatic heterocycles. The van der Waals surface area contributed by atoms with Gasteiger partial charge in [0.2, 0.25) is 0 Å². The van der Waals surface area contributed by atoms with Gasteiger partial charge in [0.25, 0.3) is 0 Å². The van der Waals surface area contributed by atoms with E-state index in [2.05, 4.69) is 31.1 Å². The molecule has 0 aliphatic carbocycles. The predicted octanol–water partition coefficient (Wildman–Crippen LogP) is 2.58. The molecule has 2 unspecified atom stereocenters. The Labute approximate surface area is 116 Å². The number of thioether (sulfide) groups is 1. The molecule has 1 N–H and O–H groups in total. The van der Waals surface area contributed by atoms with Crippen LogP contribution in [-0.4, -0.2) is 48.0 Å². The lowest BCUT2D eigenvalue weighted by molar-refractivity contribution is 0.191. The quantitative estimate of drug-likeness (QED) is 0.850. The van der Waals surface area contributed by atoms with Crippen molar-refractivity contribution in [1.29, 1.82) is 0 Å². The Bertz CT molecular complexity index is 291. The van der Waals surface area contributed by atoms with Crippen LogP contribution in [0.25, 0.3) is 0 Å². The SMILES string of the molecule is CC(C)CC1CSC(=NCC2CCCCN2C)N1. The maximum atomic E-state index is 4.78. The number of nitrogens with one attached hydrogen (secondary N) is 1. The van der Waals surface area contributed by atoms with Gasteiger partial charge in [0.1, 0.15) is 0 Å².